The SMILES string of the molecule is CCCSc1ccc(C(=O)CCN2CCOCC2)cc1.Cl. The molecule has 0 bridgehead atoms. The summed E-state index contributed by atoms with van der Waals surface area (Å²) in [6.07, 6.45) is 1.77. The van der Waals surface area contributed by atoms with Crippen molar-refractivity contribution in [1.82, 2.24) is 4.90 Å². The molecule has 5 heteroatoms. The van der Waals surface area contributed by atoms with Crippen LogP contribution in [0, 0.1) is 0 Å². The second-order valence-electron chi connectivity index (χ2n) is 5.00. The van der Waals surface area contributed by atoms with Gasteiger partial charge in [-0.3, -0.25) is 9.69 Å². The van der Waals surface area contributed by atoms with Gasteiger partial charge in [-0.15, -0.1) is 24.2 Å². The molecule has 0 atom stereocenters. The van der Waals surface area contributed by atoms with Gasteiger partial charge in [-0.05, 0) is 24.3 Å². The molecule has 3 nitrogen and oxygen atoms in total. The molecule has 1 aromatic carbocycles. The van der Waals surface area contributed by atoms with Crippen LogP contribution in [0.1, 0.15) is 30.1 Å². The number of halogens is 1. The molecule has 0 aromatic heterocycles. The molecular formula is C16H24ClNO2S. The van der Waals surface area contributed by atoms with E-state index in [1.54, 1.807) is 0 Å². The van der Waals surface area contributed by atoms with Gasteiger partial charge in [0.05, 0.1) is 13.2 Å². The number of benzene rings is 1. The first-order valence-electron chi connectivity index (χ1n) is 7.35. The lowest BCUT2D eigenvalue weighted by atomic mass is 10.1. The van der Waals surface area contributed by atoms with Crippen molar-refractivity contribution in [3.63, 3.8) is 0 Å². The molecule has 2 rings (SSSR count). The Morgan fingerprint density at radius 2 is 1.90 bits per heavy atom. The molecule has 1 aromatic rings. The zero-order chi connectivity index (χ0) is 14.2. The number of nitrogens with zero attached hydrogens (tertiary/aromatic N) is 1. The van der Waals surface area contributed by atoms with E-state index in [0.717, 1.165) is 44.2 Å². The summed E-state index contributed by atoms with van der Waals surface area (Å²) in [6, 6.07) is 8.03. The summed E-state index contributed by atoms with van der Waals surface area (Å²) in [4.78, 5) is 15.7. The van der Waals surface area contributed by atoms with Crippen molar-refractivity contribution in [2.24, 2.45) is 0 Å². The molecule has 0 aliphatic carbocycles. The predicted octanol–water partition coefficient (Wildman–Crippen LogP) is 3.52. The number of ketones is 1. The molecule has 0 amide bonds. The molecule has 0 unspecified atom stereocenters. The predicted molar refractivity (Wildman–Crippen MR) is 90.9 cm³/mol. The molecule has 1 fully saturated rings. The van der Waals surface area contributed by atoms with Crippen molar-refractivity contribution >= 4 is 30.0 Å². The number of rotatable bonds is 7. The van der Waals surface area contributed by atoms with Crippen LogP contribution in [0.25, 0.3) is 0 Å². The normalized spacial score (nSPS) is 15.5. The Bertz CT molecular complexity index is 419. The monoisotopic (exact) mass is 329 g/mol. The number of thioether (sulfide) groups is 1. The standard InChI is InChI=1S/C16H23NO2S.ClH/c1-2-13-20-15-5-3-14(4-6-15)16(18)7-8-17-9-11-19-12-10-17;/h3-6H,2,7-13H2,1H3;1H. The van der Waals surface area contributed by atoms with Crippen LogP contribution >= 0.6 is 24.2 Å². The lowest BCUT2D eigenvalue weighted by Crippen LogP contribution is -2.37. The van der Waals surface area contributed by atoms with E-state index in [2.05, 4.69) is 24.0 Å². The number of ether oxygens (including phenoxy) is 1. The minimum Gasteiger partial charge on any atom is -0.379 e. The van der Waals surface area contributed by atoms with E-state index in [1.807, 2.05) is 23.9 Å². The highest BCUT2D eigenvalue weighted by Gasteiger charge is 2.12. The maximum absolute atomic E-state index is 12.1. The topological polar surface area (TPSA) is 29.5 Å². The van der Waals surface area contributed by atoms with E-state index in [9.17, 15) is 4.79 Å². The van der Waals surface area contributed by atoms with E-state index < -0.39 is 0 Å². The van der Waals surface area contributed by atoms with E-state index in [0.29, 0.717) is 6.42 Å². The second kappa shape index (κ2) is 10.2. The Hall–Kier alpha value is -0.550. The largest absolute Gasteiger partial charge is 0.379 e. The van der Waals surface area contributed by atoms with Crippen molar-refractivity contribution in [3.05, 3.63) is 29.8 Å². The van der Waals surface area contributed by atoms with Gasteiger partial charge in [0.15, 0.2) is 5.78 Å². The van der Waals surface area contributed by atoms with Crippen molar-refractivity contribution in [2.45, 2.75) is 24.7 Å². The van der Waals surface area contributed by atoms with Crippen molar-refractivity contribution < 1.29 is 9.53 Å². The molecule has 21 heavy (non-hydrogen) atoms. The molecule has 0 N–H and O–H groups in total. The number of hydrogen-bond donors (Lipinski definition) is 0. The number of hydrogen-bond acceptors (Lipinski definition) is 4. The van der Waals surface area contributed by atoms with Gasteiger partial charge >= 0.3 is 0 Å². The number of Topliss-reactive ketones (excluding diaryl/α,β-unsaturated/α-hetero) is 1. The summed E-state index contributed by atoms with van der Waals surface area (Å²) in [6.45, 7) is 6.49. The van der Waals surface area contributed by atoms with E-state index in [1.165, 1.54) is 11.3 Å². The Kier molecular flexibility index (Phi) is 9.00. The first-order chi connectivity index (χ1) is 9.79. The van der Waals surface area contributed by atoms with Gasteiger partial charge in [-0.25, -0.2) is 0 Å². The second-order valence-corrected chi connectivity index (χ2v) is 6.17. The molecule has 0 spiro atoms. The highest BCUT2D eigenvalue weighted by molar-refractivity contribution is 7.99. The van der Waals surface area contributed by atoms with Crippen LogP contribution in [0.5, 0.6) is 0 Å². The van der Waals surface area contributed by atoms with Gasteiger partial charge < -0.3 is 4.74 Å². The van der Waals surface area contributed by atoms with E-state index >= 15 is 0 Å². The summed E-state index contributed by atoms with van der Waals surface area (Å²) in [5.41, 5.74) is 0.833. The van der Waals surface area contributed by atoms with Crippen LogP contribution < -0.4 is 0 Å². The lowest BCUT2D eigenvalue weighted by molar-refractivity contribution is 0.0370. The quantitative estimate of drug-likeness (QED) is 0.565. The third-order valence-corrected chi connectivity index (χ3v) is 4.63. The Morgan fingerprint density at radius 3 is 2.52 bits per heavy atom. The molecular weight excluding hydrogens is 306 g/mol. The van der Waals surface area contributed by atoms with Gasteiger partial charge in [0.25, 0.3) is 0 Å². The third kappa shape index (κ3) is 6.39. The zero-order valence-electron chi connectivity index (χ0n) is 12.5. The Labute approximate surface area is 137 Å². The van der Waals surface area contributed by atoms with Crippen molar-refractivity contribution in [1.29, 1.82) is 0 Å². The highest BCUT2D eigenvalue weighted by Crippen LogP contribution is 2.19. The van der Waals surface area contributed by atoms with E-state index in [-0.39, 0.29) is 18.2 Å². The molecule has 1 aliphatic rings. The van der Waals surface area contributed by atoms with Gasteiger partial charge in [0.1, 0.15) is 0 Å². The first-order valence-corrected chi connectivity index (χ1v) is 8.34. The number of carbonyl (C=O) groups is 1. The average Bonchev–Trinajstić information content (AvgIpc) is 2.52. The molecule has 118 valence electrons. The van der Waals surface area contributed by atoms with Gasteiger partial charge in [0, 0.05) is 36.5 Å². The molecule has 1 saturated heterocycles. The van der Waals surface area contributed by atoms with Gasteiger partial charge in [-0.2, -0.15) is 0 Å². The van der Waals surface area contributed by atoms with Crippen LogP contribution in [0.3, 0.4) is 0 Å². The van der Waals surface area contributed by atoms with Gasteiger partial charge in [-0.1, -0.05) is 19.1 Å². The summed E-state index contributed by atoms with van der Waals surface area (Å²) in [7, 11) is 0. The van der Waals surface area contributed by atoms with E-state index in [4.69, 9.17) is 4.74 Å². The van der Waals surface area contributed by atoms with Crippen LogP contribution in [0.2, 0.25) is 0 Å². The zero-order valence-corrected chi connectivity index (χ0v) is 14.2. The molecule has 0 saturated carbocycles. The average molecular weight is 330 g/mol. The highest BCUT2D eigenvalue weighted by atomic mass is 35.5. The molecule has 0 radical (unpaired) electrons. The maximum Gasteiger partial charge on any atom is 0.164 e. The summed E-state index contributed by atoms with van der Waals surface area (Å²) >= 11 is 1.84. The third-order valence-electron chi connectivity index (χ3n) is 3.41. The van der Waals surface area contributed by atoms with Crippen molar-refractivity contribution in [2.75, 3.05) is 38.6 Å². The fourth-order valence-corrected chi connectivity index (χ4v) is 2.95. The van der Waals surface area contributed by atoms with Crippen LogP contribution in [-0.2, 0) is 4.74 Å². The minimum atomic E-state index is 0. The Balaban J connectivity index is 0.00000220. The molecule has 1 heterocycles. The smallest absolute Gasteiger partial charge is 0.164 e. The van der Waals surface area contributed by atoms with Crippen molar-refractivity contribution in [3.8, 4) is 0 Å². The first kappa shape index (κ1) is 18.5. The molecule has 1 aliphatic heterocycles. The number of morpholine rings is 1. The van der Waals surface area contributed by atoms with Crippen LogP contribution in [0.4, 0.5) is 0 Å². The Morgan fingerprint density at radius 1 is 1.24 bits per heavy atom. The fraction of sp³-hybridized carbons (Fsp3) is 0.562. The maximum atomic E-state index is 12.1. The van der Waals surface area contributed by atoms with Gasteiger partial charge in [0.2, 0.25) is 0 Å². The lowest BCUT2D eigenvalue weighted by Gasteiger charge is -2.26. The van der Waals surface area contributed by atoms with Crippen LogP contribution in [-0.4, -0.2) is 49.3 Å². The van der Waals surface area contributed by atoms with Crippen LogP contribution in [0.15, 0.2) is 29.2 Å². The fourth-order valence-electron chi connectivity index (χ4n) is 2.19. The summed E-state index contributed by atoms with van der Waals surface area (Å²) in [5.74, 6) is 1.37. The minimum absolute atomic E-state index is 0. The number of carbonyl (C=O) groups excluding carboxylic acids is 1. The summed E-state index contributed by atoms with van der Waals surface area (Å²) in [5, 5.41) is 0. The summed E-state index contributed by atoms with van der Waals surface area (Å²) < 4.78 is 5.31.